The fourth-order valence-corrected chi connectivity index (χ4v) is 35.6. The molecule has 0 spiro atoms. The summed E-state index contributed by atoms with van der Waals surface area (Å²) in [6.45, 7) is 22.5. The Morgan fingerprint density at radius 2 is 0.828 bits per heavy atom. The summed E-state index contributed by atoms with van der Waals surface area (Å²) in [6.07, 6.45) is 27.7. The second-order valence-electron chi connectivity index (χ2n) is 24.4. The van der Waals surface area contributed by atoms with Gasteiger partial charge in [0.15, 0.2) is 0 Å². The molecule has 0 bridgehead atoms. The maximum atomic E-state index is 2.95. The van der Waals surface area contributed by atoms with E-state index < -0.39 is 33.5 Å². The van der Waals surface area contributed by atoms with Crippen LogP contribution >= 0.6 is 24.8 Å². The molecule has 4 aromatic carbocycles. The van der Waals surface area contributed by atoms with Crippen molar-refractivity contribution in [2.24, 2.45) is 10.8 Å². The summed E-state index contributed by atoms with van der Waals surface area (Å²) in [5.41, 5.74) is 16.6. The zero-order valence-corrected chi connectivity index (χ0v) is 49.2. The standard InChI is InChI=1S/2C28H37Si.2CH3.2ClH.H2Si.Zr/c2*1-5-28(17-8-6-7-9-18-28)21-22-19-24-11-10-12-26(27(24)20-22)23-13-15-25(16-14-23)29(2,3)4;;;;;;/h2*10-16,19-20H,5-9,17-18,21H2,1-4H3;2*1H3;2*1H;1H2;. The Hall–Kier alpha value is -1.53. The molecule has 2 unspecified atom stereocenters. The van der Waals surface area contributed by atoms with Crippen molar-refractivity contribution in [3.8, 4) is 22.3 Å². The van der Waals surface area contributed by atoms with Gasteiger partial charge in [-0.05, 0) is 0 Å². The molecule has 6 heteroatoms. The molecule has 0 radical (unpaired) electrons. The van der Waals surface area contributed by atoms with E-state index in [0.717, 1.165) is 0 Å². The molecule has 346 valence electrons. The van der Waals surface area contributed by atoms with Crippen LogP contribution in [0.3, 0.4) is 0 Å². The van der Waals surface area contributed by atoms with Crippen LogP contribution in [0.15, 0.2) is 96.1 Å². The van der Waals surface area contributed by atoms with Crippen LogP contribution in [-0.2, 0) is 17.4 Å². The number of benzene rings is 4. The van der Waals surface area contributed by atoms with Gasteiger partial charge in [0, 0.05) is 0 Å². The number of allylic oxidation sites excluding steroid dienone is 2. The van der Waals surface area contributed by atoms with Gasteiger partial charge in [0.05, 0.1) is 0 Å². The Labute approximate surface area is 408 Å². The van der Waals surface area contributed by atoms with E-state index in [1.807, 2.05) is 11.1 Å². The third-order valence-corrected chi connectivity index (χ3v) is 38.9. The zero-order chi connectivity index (χ0) is 44.2. The first kappa shape index (κ1) is 51.9. The van der Waals surface area contributed by atoms with Crippen molar-refractivity contribution >= 4 is 70.4 Å². The summed E-state index contributed by atoms with van der Waals surface area (Å²) in [5, 5.41) is 3.10. The van der Waals surface area contributed by atoms with Crippen LogP contribution in [0.5, 0.6) is 0 Å². The van der Waals surface area contributed by atoms with Crippen molar-refractivity contribution in [1.29, 1.82) is 0 Å². The molecule has 0 amide bonds. The summed E-state index contributed by atoms with van der Waals surface area (Å²) in [4.78, 5) is 0. The monoisotopic (exact) mass is 1020 g/mol. The van der Waals surface area contributed by atoms with Gasteiger partial charge in [-0.15, -0.1) is 24.8 Å². The van der Waals surface area contributed by atoms with Crippen LogP contribution in [0.1, 0.15) is 146 Å². The Morgan fingerprint density at radius 1 is 0.500 bits per heavy atom. The predicted molar refractivity (Wildman–Crippen MR) is 296 cm³/mol. The zero-order valence-electron chi connectivity index (χ0n) is 41.7. The second-order valence-corrected chi connectivity index (χ2v) is 65.0. The molecule has 8 rings (SSSR count). The molecular formula is C58H84Cl2Si3Zr. The van der Waals surface area contributed by atoms with Gasteiger partial charge < -0.3 is 0 Å². The average molecular weight is 1030 g/mol. The quantitative estimate of drug-likeness (QED) is 0.0980. The maximum absolute atomic E-state index is 4.01. The molecule has 64 heavy (non-hydrogen) atoms. The average Bonchev–Trinajstić information content (AvgIpc) is 3.60. The fourth-order valence-electron chi connectivity index (χ4n) is 13.6. The maximum Gasteiger partial charge on any atom is -0.147 e. The van der Waals surface area contributed by atoms with E-state index in [9.17, 15) is 0 Å². The molecule has 4 aliphatic rings. The van der Waals surface area contributed by atoms with Crippen molar-refractivity contribution in [1.82, 2.24) is 0 Å². The second kappa shape index (κ2) is 19.8. The Balaban J connectivity index is 0.00000340. The number of halogens is 2. The largest absolute Gasteiger partial charge is 0.147 e. The topological polar surface area (TPSA) is 0 Å². The van der Waals surface area contributed by atoms with Crippen LogP contribution < -0.4 is 10.4 Å². The molecule has 0 heterocycles. The van der Waals surface area contributed by atoms with E-state index in [2.05, 4.69) is 166 Å². The van der Waals surface area contributed by atoms with Crippen LogP contribution in [0.2, 0.25) is 48.5 Å². The number of fused-ring (bicyclic) bond motifs is 2. The van der Waals surface area contributed by atoms with Gasteiger partial charge >= 0.3 is 387 Å². The predicted octanol–water partition coefficient (Wildman–Crippen LogP) is 17.1. The molecule has 0 saturated heterocycles. The molecule has 2 atom stereocenters. The molecule has 0 aromatic heterocycles. The third-order valence-electron chi connectivity index (χ3n) is 17.3. The molecular weight excluding hydrogens is 943 g/mol. The first-order chi connectivity index (χ1) is 29.4. The number of hydrogen-bond acceptors (Lipinski definition) is 0. The molecule has 2 fully saturated rings. The van der Waals surface area contributed by atoms with E-state index in [1.54, 1.807) is 32.6 Å². The first-order valence-corrected chi connectivity index (χ1v) is 46.0. The van der Waals surface area contributed by atoms with E-state index >= 15 is 0 Å². The summed E-state index contributed by atoms with van der Waals surface area (Å²) in [5.74, 6) is 0. The molecule has 2 saturated carbocycles. The summed E-state index contributed by atoms with van der Waals surface area (Å²) in [6, 6.07) is 34.7. The molecule has 0 aliphatic heterocycles. The summed E-state index contributed by atoms with van der Waals surface area (Å²) >= 11 is -4.01. The van der Waals surface area contributed by atoms with Gasteiger partial charge in [-0.25, -0.2) is 0 Å². The van der Waals surface area contributed by atoms with Gasteiger partial charge in [-0.2, -0.15) is 0 Å². The van der Waals surface area contributed by atoms with Gasteiger partial charge in [-0.3, -0.25) is 0 Å². The summed E-state index contributed by atoms with van der Waals surface area (Å²) < 4.78 is 6.96. The van der Waals surface area contributed by atoms with Crippen LogP contribution in [-0.4, -0.2) is 23.0 Å². The summed E-state index contributed by atoms with van der Waals surface area (Å²) in [7, 11) is -2.79. The molecule has 4 aliphatic carbocycles. The minimum Gasteiger partial charge on any atom is -0.147 e. The SMILES string of the molecule is CCC1(CC2=Cc3c(-c4ccc([Si](C)(C)C)cc4)cccc3[CH]2[Zr]([CH3])([CH3])(=[SiH2])[CH]2C(CC3(CC)CCCCCC3)=Cc3c(-c4ccc([Si](C)(C)C)cc4)cccc32)CCCCCC1.Cl.Cl. The van der Waals surface area contributed by atoms with Crippen LogP contribution in [0.25, 0.3) is 34.4 Å². The first-order valence-electron chi connectivity index (χ1n) is 25.3. The van der Waals surface area contributed by atoms with Gasteiger partial charge in [0.25, 0.3) is 0 Å². The van der Waals surface area contributed by atoms with Crippen molar-refractivity contribution < 1.29 is 17.4 Å². The Kier molecular flexibility index (Phi) is 16.1. The van der Waals surface area contributed by atoms with Gasteiger partial charge in [-0.1, -0.05) is 0 Å². The molecule has 0 nitrogen and oxygen atoms in total. The number of rotatable bonds is 12. The Morgan fingerprint density at radius 3 is 1.12 bits per heavy atom. The molecule has 0 N–H and O–H groups in total. The van der Waals surface area contributed by atoms with E-state index in [1.165, 1.54) is 125 Å². The fraction of sp³-hybridized carbons (Fsp3) is 0.517. The van der Waals surface area contributed by atoms with Crippen LogP contribution in [0.4, 0.5) is 0 Å². The third kappa shape index (κ3) is 10.2. The van der Waals surface area contributed by atoms with Gasteiger partial charge in [0.2, 0.25) is 0 Å². The minimum absolute atomic E-state index is 0. The van der Waals surface area contributed by atoms with Gasteiger partial charge in [0.1, 0.15) is 0 Å². The van der Waals surface area contributed by atoms with E-state index in [-0.39, 0.29) is 24.8 Å². The van der Waals surface area contributed by atoms with Crippen molar-refractivity contribution in [3.63, 3.8) is 0 Å². The normalized spacial score (nSPS) is 21.0. The van der Waals surface area contributed by atoms with Crippen molar-refractivity contribution in [2.75, 3.05) is 0 Å². The van der Waals surface area contributed by atoms with Crippen LogP contribution in [0, 0.1) is 10.8 Å². The van der Waals surface area contributed by atoms with E-state index in [0.29, 0.717) is 18.1 Å². The van der Waals surface area contributed by atoms with E-state index in [4.69, 9.17) is 0 Å². The smallest absolute Gasteiger partial charge is 0.147 e. The molecule has 4 aromatic rings. The van der Waals surface area contributed by atoms with Crippen molar-refractivity contribution in [3.05, 3.63) is 118 Å². The number of hydrogen-bond donors (Lipinski definition) is 0. The van der Waals surface area contributed by atoms with Crippen molar-refractivity contribution in [2.45, 2.75) is 172 Å². The minimum atomic E-state index is -4.01. The Bertz CT molecular complexity index is 2220.